The van der Waals surface area contributed by atoms with Crippen molar-refractivity contribution in [1.29, 1.82) is 0 Å². The van der Waals surface area contributed by atoms with Gasteiger partial charge in [-0.05, 0) is 46.0 Å². The number of phosphoric acid groups is 1. The molecule has 12 nitrogen and oxygen atoms in total. The SMILES string of the molecule is CCCCCCCCCCCCCCCC(=O)OCC(COP(=O)(O)OCC[N+](C)(C)C)OC(=O)CCCCCCCCCCCCCCC1(CC)OCC(C)(C)N1O. The van der Waals surface area contributed by atoms with Gasteiger partial charge in [-0.1, -0.05) is 155 Å². The fourth-order valence-electron chi connectivity index (χ4n) is 7.58. The quantitative estimate of drug-likeness (QED) is 0.0263. The number of phosphoric ester groups is 1. The molecule has 3 atom stereocenters. The lowest BCUT2D eigenvalue weighted by atomic mass is 9.98. The van der Waals surface area contributed by atoms with E-state index in [9.17, 15) is 24.3 Å². The number of unbranched alkanes of at least 4 members (excludes halogenated alkanes) is 23. The molecule has 0 radical (unpaired) electrons. The molecule has 13 heteroatoms. The Bertz CT molecular complexity index is 1120. The molecule has 0 aliphatic carbocycles. The van der Waals surface area contributed by atoms with Crippen molar-refractivity contribution >= 4 is 19.8 Å². The smallest absolute Gasteiger partial charge is 0.462 e. The van der Waals surface area contributed by atoms with Gasteiger partial charge >= 0.3 is 19.8 Å². The number of hydroxylamine groups is 2. The van der Waals surface area contributed by atoms with Gasteiger partial charge in [0.2, 0.25) is 0 Å². The van der Waals surface area contributed by atoms with E-state index < -0.39 is 32.2 Å². The number of nitrogens with zero attached hydrogens (tertiary/aromatic N) is 2. The zero-order valence-electron chi connectivity index (χ0n) is 39.1. The average molecular weight is 864 g/mol. The van der Waals surface area contributed by atoms with Gasteiger partial charge in [0.1, 0.15) is 25.5 Å². The molecule has 59 heavy (non-hydrogen) atoms. The fraction of sp³-hybridized carbons (Fsp3) is 0.957. The summed E-state index contributed by atoms with van der Waals surface area (Å²) in [6, 6.07) is 0. The second-order valence-corrected chi connectivity index (χ2v) is 20.3. The Morgan fingerprint density at radius 2 is 1.12 bits per heavy atom. The summed E-state index contributed by atoms with van der Waals surface area (Å²) in [7, 11) is 1.45. The van der Waals surface area contributed by atoms with Crippen LogP contribution in [0.5, 0.6) is 0 Å². The number of rotatable bonds is 40. The van der Waals surface area contributed by atoms with Gasteiger partial charge < -0.3 is 28.8 Å². The summed E-state index contributed by atoms with van der Waals surface area (Å²) in [6.07, 6.45) is 30.4. The predicted octanol–water partition coefficient (Wildman–Crippen LogP) is 11.8. The molecular weight excluding hydrogens is 771 g/mol. The molecule has 0 aromatic rings. The number of quaternary nitrogens is 1. The molecule has 1 heterocycles. The van der Waals surface area contributed by atoms with Crippen molar-refractivity contribution < 1.29 is 52.0 Å². The molecule has 1 rings (SSSR count). The number of carbonyl (C=O) groups excluding carboxylic acids is 2. The van der Waals surface area contributed by atoms with Crippen molar-refractivity contribution in [2.45, 2.75) is 231 Å². The summed E-state index contributed by atoms with van der Waals surface area (Å²) in [5.41, 5.74) is -0.860. The molecule has 1 aliphatic rings. The highest BCUT2D eigenvalue weighted by Crippen LogP contribution is 2.43. The summed E-state index contributed by atoms with van der Waals surface area (Å²) >= 11 is 0. The highest BCUT2D eigenvalue weighted by Gasteiger charge is 2.50. The second kappa shape index (κ2) is 32.5. The van der Waals surface area contributed by atoms with Crippen LogP contribution in [0, 0.1) is 0 Å². The maximum absolute atomic E-state index is 12.8. The summed E-state index contributed by atoms with van der Waals surface area (Å²) in [5, 5.41) is 12.1. The molecule has 1 fully saturated rings. The Balaban J connectivity index is 2.26. The first kappa shape index (κ1) is 55.9. The van der Waals surface area contributed by atoms with E-state index in [4.69, 9.17) is 23.3 Å². The minimum Gasteiger partial charge on any atom is -0.462 e. The van der Waals surface area contributed by atoms with Gasteiger partial charge in [0, 0.05) is 12.8 Å². The van der Waals surface area contributed by atoms with Gasteiger partial charge in [-0.25, -0.2) is 4.57 Å². The monoisotopic (exact) mass is 864 g/mol. The van der Waals surface area contributed by atoms with Crippen LogP contribution in [-0.4, -0.2) is 103 Å². The number of likely N-dealkylation sites (N-methyl/N-ethyl adjacent to an activating group) is 1. The summed E-state index contributed by atoms with van der Waals surface area (Å²) in [4.78, 5) is 35.5. The Morgan fingerprint density at radius 3 is 1.54 bits per heavy atom. The number of ether oxygens (including phenoxy) is 3. The third-order valence-electron chi connectivity index (χ3n) is 11.6. The Morgan fingerprint density at radius 1 is 0.678 bits per heavy atom. The van der Waals surface area contributed by atoms with Gasteiger partial charge in [0.05, 0.1) is 39.9 Å². The first-order valence-electron chi connectivity index (χ1n) is 24.0. The predicted molar refractivity (Wildman–Crippen MR) is 237 cm³/mol. The van der Waals surface area contributed by atoms with Gasteiger partial charge in [-0.3, -0.25) is 18.6 Å². The van der Waals surface area contributed by atoms with E-state index in [-0.39, 0.29) is 37.6 Å². The minimum absolute atomic E-state index is 0.0246. The second-order valence-electron chi connectivity index (χ2n) is 18.9. The van der Waals surface area contributed by atoms with E-state index in [1.165, 1.54) is 108 Å². The Labute approximate surface area is 361 Å². The maximum Gasteiger partial charge on any atom is 0.472 e. The van der Waals surface area contributed by atoms with E-state index in [1.54, 1.807) is 0 Å². The van der Waals surface area contributed by atoms with Crippen molar-refractivity contribution in [1.82, 2.24) is 5.06 Å². The lowest BCUT2D eigenvalue weighted by Crippen LogP contribution is -2.49. The van der Waals surface area contributed by atoms with E-state index >= 15 is 0 Å². The number of hydrogen-bond donors (Lipinski definition) is 2. The summed E-state index contributed by atoms with van der Waals surface area (Å²) in [6.45, 7) is 8.81. The van der Waals surface area contributed by atoms with Crippen LogP contribution in [0.2, 0.25) is 0 Å². The summed E-state index contributed by atoms with van der Waals surface area (Å²) < 4.78 is 40.4. The molecular formula is C46H92N2O10P+. The van der Waals surface area contributed by atoms with Crippen molar-refractivity contribution in [2.24, 2.45) is 0 Å². The largest absolute Gasteiger partial charge is 0.472 e. The number of carbonyl (C=O) groups is 2. The van der Waals surface area contributed by atoms with E-state index in [1.807, 2.05) is 35.0 Å². The first-order valence-corrected chi connectivity index (χ1v) is 25.5. The van der Waals surface area contributed by atoms with Crippen LogP contribution < -0.4 is 0 Å². The van der Waals surface area contributed by atoms with Crippen LogP contribution in [0.3, 0.4) is 0 Å². The standard InChI is InChI=1S/C46H91N2O10P/c1-8-10-11-12-13-14-15-16-19-22-25-28-31-34-43(49)54-39-42(40-57-59(52,53)56-38-37-48(5,6)7)58-44(50)35-32-29-26-23-20-17-18-21-24-27-30-33-36-46(9-2)47(51)45(3,4)41-55-46/h42,51H,8-41H2,1-7H3/p+1. The molecule has 0 saturated carbocycles. The molecule has 1 aliphatic heterocycles. The van der Waals surface area contributed by atoms with Gasteiger partial charge in [-0.2, -0.15) is 5.06 Å². The van der Waals surface area contributed by atoms with Crippen LogP contribution in [0.1, 0.15) is 214 Å². The zero-order valence-corrected chi connectivity index (χ0v) is 40.0. The molecule has 0 spiro atoms. The van der Waals surface area contributed by atoms with Crippen molar-refractivity contribution in [3.8, 4) is 0 Å². The topological polar surface area (TPSA) is 141 Å². The first-order chi connectivity index (χ1) is 28.1. The zero-order chi connectivity index (χ0) is 43.9. The molecule has 1 saturated heterocycles. The lowest BCUT2D eigenvalue weighted by Gasteiger charge is -2.36. The van der Waals surface area contributed by atoms with Crippen LogP contribution in [0.15, 0.2) is 0 Å². The molecule has 0 amide bonds. The molecule has 0 aromatic heterocycles. The molecule has 2 N–H and O–H groups in total. The molecule has 3 unspecified atom stereocenters. The molecule has 350 valence electrons. The van der Waals surface area contributed by atoms with Crippen LogP contribution in [0.4, 0.5) is 0 Å². The minimum atomic E-state index is -4.39. The van der Waals surface area contributed by atoms with Crippen molar-refractivity contribution in [3.63, 3.8) is 0 Å². The van der Waals surface area contributed by atoms with E-state index in [2.05, 4.69) is 13.8 Å². The van der Waals surface area contributed by atoms with Crippen LogP contribution >= 0.6 is 7.82 Å². The van der Waals surface area contributed by atoms with Crippen LogP contribution in [-0.2, 0) is 37.4 Å². The van der Waals surface area contributed by atoms with Gasteiger partial charge in [0.15, 0.2) is 6.10 Å². The Kier molecular flexibility index (Phi) is 30.8. The fourth-order valence-corrected chi connectivity index (χ4v) is 8.32. The number of hydrogen-bond acceptors (Lipinski definition) is 10. The normalized spacial score (nSPS) is 18.5. The third kappa shape index (κ3) is 29.0. The Hall–Kier alpha value is -1.11. The average Bonchev–Trinajstić information content (AvgIpc) is 3.41. The highest BCUT2D eigenvalue weighted by molar-refractivity contribution is 7.47. The highest BCUT2D eigenvalue weighted by atomic mass is 31.2. The molecule has 0 bridgehead atoms. The molecule has 0 aromatic carbocycles. The van der Waals surface area contributed by atoms with E-state index in [0.29, 0.717) is 24.1 Å². The van der Waals surface area contributed by atoms with E-state index in [0.717, 1.165) is 64.2 Å². The van der Waals surface area contributed by atoms with Gasteiger partial charge in [-0.15, -0.1) is 0 Å². The van der Waals surface area contributed by atoms with Crippen molar-refractivity contribution in [3.05, 3.63) is 0 Å². The maximum atomic E-state index is 12.8. The van der Waals surface area contributed by atoms with Crippen molar-refractivity contribution in [2.75, 3.05) is 54.1 Å². The third-order valence-corrected chi connectivity index (χ3v) is 12.5. The number of esters is 2. The lowest BCUT2D eigenvalue weighted by molar-refractivity contribution is -0.870. The van der Waals surface area contributed by atoms with Crippen LogP contribution in [0.25, 0.3) is 0 Å². The van der Waals surface area contributed by atoms with Gasteiger partial charge in [0.25, 0.3) is 0 Å². The summed E-state index contributed by atoms with van der Waals surface area (Å²) in [5.74, 6) is -0.817.